The van der Waals surface area contributed by atoms with Gasteiger partial charge < -0.3 is 15.3 Å². The molecule has 0 bridgehead atoms. The molecule has 1 aliphatic rings. The van der Waals surface area contributed by atoms with Gasteiger partial charge in [-0.1, -0.05) is 6.92 Å². The highest BCUT2D eigenvalue weighted by Crippen LogP contribution is 2.26. The molecule has 0 aliphatic carbocycles. The van der Waals surface area contributed by atoms with Crippen molar-refractivity contribution in [1.82, 2.24) is 10.2 Å². The van der Waals surface area contributed by atoms with Crippen LogP contribution in [0.2, 0.25) is 0 Å². The number of piperidine rings is 1. The van der Waals surface area contributed by atoms with Crippen molar-refractivity contribution in [3.63, 3.8) is 0 Å². The average Bonchev–Trinajstić information content (AvgIpc) is 2.36. The highest BCUT2D eigenvalue weighted by molar-refractivity contribution is 5.78. The molecular formula is C13H21F3N2O3. The molecule has 1 heterocycles. The standard InChI is InChI=1S/C13H21F3N2O3/c1-9(5-12(20)21)10-3-2-4-18(7-10)11(19)6-17-8-13(14,15)16/h9-10,17H,2-8H2,1H3,(H,20,21). The van der Waals surface area contributed by atoms with E-state index in [1.54, 1.807) is 0 Å². The number of likely N-dealkylation sites (tertiary alicyclic amines) is 1. The summed E-state index contributed by atoms with van der Waals surface area (Å²) in [5.74, 6) is -1.22. The van der Waals surface area contributed by atoms with E-state index in [2.05, 4.69) is 5.32 Å². The number of amides is 1. The van der Waals surface area contributed by atoms with Crippen LogP contribution in [-0.4, -0.2) is 54.2 Å². The molecule has 122 valence electrons. The maximum absolute atomic E-state index is 12.0. The van der Waals surface area contributed by atoms with Gasteiger partial charge in [0.25, 0.3) is 0 Å². The molecule has 8 heteroatoms. The summed E-state index contributed by atoms with van der Waals surface area (Å²) in [4.78, 5) is 24.1. The van der Waals surface area contributed by atoms with Crippen molar-refractivity contribution in [2.75, 3.05) is 26.2 Å². The van der Waals surface area contributed by atoms with E-state index in [1.165, 1.54) is 4.90 Å². The summed E-state index contributed by atoms with van der Waals surface area (Å²) in [7, 11) is 0. The normalized spacial score (nSPS) is 21.1. The number of carbonyl (C=O) groups is 2. The Bertz CT molecular complexity index is 374. The zero-order valence-electron chi connectivity index (χ0n) is 11.9. The minimum Gasteiger partial charge on any atom is -0.481 e. The molecule has 1 aliphatic heterocycles. The summed E-state index contributed by atoms with van der Waals surface area (Å²) in [6.45, 7) is 1.23. The van der Waals surface area contributed by atoms with Gasteiger partial charge in [-0.05, 0) is 24.7 Å². The molecule has 0 aromatic carbocycles. The van der Waals surface area contributed by atoms with Gasteiger partial charge in [0.05, 0.1) is 13.1 Å². The van der Waals surface area contributed by atoms with E-state index >= 15 is 0 Å². The summed E-state index contributed by atoms with van der Waals surface area (Å²) < 4.78 is 36.0. The number of carbonyl (C=O) groups excluding carboxylic acids is 1. The molecule has 0 saturated carbocycles. The first-order valence-electron chi connectivity index (χ1n) is 6.96. The lowest BCUT2D eigenvalue weighted by Crippen LogP contribution is -2.46. The molecular weight excluding hydrogens is 289 g/mol. The Hall–Kier alpha value is -1.31. The first-order valence-corrected chi connectivity index (χ1v) is 6.96. The van der Waals surface area contributed by atoms with Crippen molar-refractivity contribution in [1.29, 1.82) is 0 Å². The van der Waals surface area contributed by atoms with E-state index in [0.29, 0.717) is 13.1 Å². The van der Waals surface area contributed by atoms with Crippen LogP contribution in [0.1, 0.15) is 26.2 Å². The Labute approximate surface area is 121 Å². The van der Waals surface area contributed by atoms with Gasteiger partial charge in [0, 0.05) is 19.5 Å². The molecule has 1 fully saturated rings. The fraction of sp³-hybridized carbons (Fsp3) is 0.846. The summed E-state index contributed by atoms with van der Waals surface area (Å²) in [5.41, 5.74) is 0. The number of nitrogens with one attached hydrogen (secondary N) is 1. The zero-order valence-corrected chi connectivity index (χ0v) is 11.9. The van der Waals surface area contributed by atoms with Crippen molar-refractivity contribution in [3.05, 3.63) is 0 Å². The van der Waals surface area contributed by atoms with Crippen LogP contribution >= 0.6 is 0 Å². The second kappa shape index (κ2) is 7.63. The second-order valence-corrected chi connectivity index (χ2v) is 5.54. The molecule has 0 radical (unpaired) electrons. The van der Waals surface area contributed by atoms with Crippen molar-refractivity contribution >= 4 is 11.9 Å². The van der Waals surface area contributed by atoms with Crippen LogP contribution in [0.4, 0.5) is 13.2 Å². The van der Waals surface area contributed by atoms with Crippen molar-refractivity contribution in [2.45, 2.75) is 32.4 Å². The third kappa shape index (κ3) is 6.79. The molecule has 1 saturated heterocycles. The van der Waals surface area contributed by atoms with Gasteiger partial charge in [0.15, 0.2) is 0 Å². The second-order valence-electron chi connectivity index (χ2n) is 5.54. The van der Waals surface area contributed by atoms with Crippen molar-refractivity contribution in [2.24, 2.45) is 11.8 Å². The largest absolute Gasteiger partial charge is 0.481 e. The maximum Gasteiger partial charge on any atom is 0.401 e. The molecule has 1 rings (SSSR count). The van der Waals surface area contributed by atoms with Gasteiger partial charge in [0.2, 0.25) is 5.91 Å². The van der Waals surface area contributed by atoms with Gasteiger partial charge in [-0.3, -0.25) is 9.59 Å². The number of nitrogens with zero attached hydrogens (tertiary/aromatic N) is 1. The molecule has 2 atom stereocenters. The number of carboxylic acid groups (broad SMARTS) is 1. The predicted molar refractivity (Wildman–Crippen MR) is 69.6 cm³/mol. The highest BCUT2D eigenvalue weighted by atomic mass is 19.4. The number of halogens is 3. The van der Waals surface area contributed by atoms with Crippen LogP contribution < -0.4 is 5.32 Å². The lowest BCUT2D eigenvalue weighted by atomic mass is 9.84. The summed E-state index contributed by atoms with van der Waals surface area (Å²) in [6.07, 6.45) is -2.70. The molecule has 0 spiro atoms. The number of hydrogen-bond acceptors (Lipinski definition) is 3. The Morgan fingerprint density at radius 2 is 2.10 bits per heavy atom. The number of rotatable bonds is 6. The highest BCUT2D eigenvalue weighted by Gasteiger charge is 2.30. The molecule has 21 heavy (non-hydrogen) atoms. The Balaban J connectivity index is 2.41. The monoisotopic (exact) mass is 310 g/mol. The fourth-order valence-corrected chi connectivity index (χ4v) is 2.57. The lowest BCUT2D eigenvalue weighted by molar-refractivity contribution is -0.138. The topological polar surface area (TPSA) is 69.6 Å². The minimum absolute atomic E-state index is 0.0407. The molecule has 0 aromatic heterocycles. The molecule has 5 nitrogen and oxygen atoms in total. The van der Waals surface area contributed by atoms with Crippen molar-refractivity contribution in [3.8, 4) is 0 Å². The van der Waals surface area contributed by atoms with Crippen LogP contribution in [0, 0.1) is 11.8 Å². The van der Waals surface area contributed by atoms with Gasteiger partial charge in [-0.2, -0.15) is 13.2 Å². The zero-order chi connectivity index (χ0) is 16.0. The molecule has 0 aromatic rings. The van der Waals surface area contributed by atoms with Crippen LogP contribution in [0.3, 0.4) is 0 Å². The minimum atomic E-state index is -4.33. The number of aliphatic carboxylic acids is 1. The van der Waals surface area contributed by atoms with Gasteiger partial charge in [-0.25, -0.2) is 0 Å². The first kappa shape index (κ1) is 17.7. The third-order valence-corrected chi connectivity index (χ3v) is 3.71. The van der Waals surface area contributed by atoms with Crippen LogP contribution in [-0.2, 0) is 9.59 Å². The van der Waals surface area contributed by atoms with Gasteiger partial charge in [0.1, 0.15) is 0 Å². The van der Waals surface area contributed by atoms with Gasteiger partial charge >= 0.3 is 12.1 Å². The number of hydrogen-bond donors (Lipinski definition) is 2. The van der Waals surface area contributed by atoms with Crippen LogP contribution in [0.25, 0.3) is 0 Å². The van der Waals surface area contributed by atoms with E-state index in [4.69, 9.17) is 5.11 Å². The summed E-state index contributed by atoms with van der Waals surface area (Å²) >= 11 is 0. The van der Waals surface area contributed by atoms with Crippen LogP contribution in [0.5, 0.6) is 0 Å². The predicted octanol–water partition coefficient (Wildman–Crippen LogP) is 1.49. The fourth-order valence-electron chi connectivity index (χ4n) is 2.57. The van der Waals surface area contributed by atoms with E-state index in [-0.39, 0.29) is 30.7 Å². The summed E-state index contributed by atoms with van der Waals surface area (Å²) in [6, 6.07) is 0. The number of alkyl halides is 3. The average molecular weight is 310 g/mol. The van der Waals surface area contributed by atoms with E-state index < -0.39 is 18.7 Å². The van der Waals surface area contributed by atoms with Crippen LogP contribution in [0.15, 0.2) is 0 Å². The molecule has 2 unspecified atom stereocenters. The van der Waals surface area contributed by atoms with E-state index in [9.17, 15) is 22.8 Å². The third-order valence-electron chi connectivity index (χ3n) is 3.71. The maximum atomic E-state index is 12.0. The molecule has 1 amide bonds. The Morgan fingerprint density at radius 3 is 2.67 bits per heavy atom. The Morgan fingerprint density at radius 1 is 1.43 bits per heavy atom. The number of carboxylic acids is 1. The first-order chi connectivity index (χ1) is 9.69. The van der Waals surface area contributed by atoms with Gasteiger partial charge in [-0.15, -0.1) is 0 Å². The summed E-state index contributed by atoms with van der Waals surface area (Å²) in [5, 5.41) is 10.9. The quantitative estimate of drug-likeness (QED) is 0.780. The van der Waals surface area contributed by atoms with Crippen molar-refractivity contribution < 1.29 is 27.9 Å². The Kier molecular flexibility index (Phi) is 6.44. The smallest absolute Gasteiger partial charge is 0.401 e. The molecule has 2 N–H and O–H groups in total. The van der Waals surface area contributed by atoms with E-state index in [1.807, 2.05) is 6.92 Å². The lowest BCUT2D eigenvalue weighted by Gasteiger charge is -2.35. The van der Waals surface area contributed by atoms with E-state index in [0.717, 1.165) is 12.8 Å². The SMILES string of the molecule is CC(CC(=O)O)C1CCCN(C(=O)CNCC(F)(F)F)C1.